The maximum Gasteiger partial charge on any atom is 0.255 e. The molecular formula is C8H15NO4S2. The van der Waals surface area contributed by atoms with Gasteiger partial charge >= 0.3 is 0 Å². The van der Waals surface area contributed by atoms with Crippen molar-refractivity contribution in [3.05, 3.63) is 0 Å². The summed E-state index contributed by atoms with van der Waals surface area (Å²) in [4.78, 5) is 16.0. The molecule has 1 amide bonds. The fourth-order valence-electron chi connectivity index (χ4n) is 1.27. The molecule has 0 aromatic carbocycles. The van der Waals surface area contributed by atoms with Crippen molar-refractivity contribution in [2.75, 3.05) is 31.4 Å². The fraction of sp³-hybridized carbons (Fsp3) is 0.875. The molecule has 1 atom stereocenters. The molecule has 1 fully saturated rings. The van der Waals surface area contributed by atoms with Crippen LogP contribution in [0.3, 0.4) is 0 Å². The van der Waals surface area contributed by atoms with Gasteiger partial charge in [-0.25, -0.2) is 13.5 Å². The van der Waals surface area contributed by atoms with Crippen molar-refractivity contribution in [2.24, 2.45) is 0 Å². The second-order valence-electron chi connectivity index (χ2n) is 3.41. The summed E-state index contributed by atoms with van der Waals surface area (Å²) in [5, 5.41) is 1.21. The van der Waals surface area contributed by atoms with E-state index in [0.717, 1.165) is 5.06 Å². The second-order valence-corrected chi connectivity index (χ2v) is 6.93. The molecule has 5 nitrogen and oxygen atoms in total. The molecule has 1 saturated heterocycles. The molecule has 0 saturated carbocycles. The van der Waals surface area contributed by atoms with Crippen molar-refractivity contribution in [2.45, 2.75) is 11.7 Å². The van der Waals surface area contributed by atoms with Crippen LogP contribution in [0.5, 0.6) is 0 Å². The predicted molar refractivity (Wildman–Crippen MR) is 59.3 cm³/mol. The third kappa shape index (κ3) is 4.00. The third-order valence-electron chi connectivity index (χ3n) is 2.26. The summed E-state index contributed by atoms with van der Waals surface area (Å²) < 4.78 is 22.3. The fourth-order valence-corrected chi connectivity index (χ4v) is 4.82. The van der Waals surface area contributed by atoms with Crippen LogP contribution in [0, 0.1) is 0 Å². The molecule has 0 aliphatic carbocycles. The monoisotopic (exact) mass is 253 g/mol. The van der Waals surface area contributed by atoms with Crippen LogP contribution in [-0.4, -0.2) is 56.1 Å². The Labute approximate surface area is 94.0 Å². The van der Waals surface area contributed by atoms with Gasteiger partial charge in [-0.1, -0.05) is 0 Å². The van der Waals surface area contributed by atoms with Crippen LogP contribution < -0.4 is 0 Å². The van der Waals surface area contributed by atoms with Crippen LogP contribution in [0.1, 0.15) is 6.42 Å². The van der Waals surface area contributed by atoms with Crippen LogP contribution in [-0.2, 0) is 19.5 Å². The summed E-state index contributed by atoms with van der Waals surface area (Å²) in [7, 11) is 0.109. The first-order valence-electron chi connectivity index (χ1n) is 4.57. The lowest BCUT2D eigenvalue weighted by molar-refractivity contribution is -0.165. The summed E-state index contributed by atoms with van der Waals surface area (Å²) >= 11 is 1.39. The first-order chi connectivity index (χ1) is 6.94. The zero-order valence-electron chi connectivity index (χ0n) is 8.80. The van der Waals surface area contributed by atoms with Crippen molar-refractivity contribution >= 4 is 27.5 Å². The molecule has 0 aromatic rings. The lowest BCUT2D eigenvalue weighted by Gasteiger charge is -2.14. The summed E-state index contributed by atoms with van der Waals surface area (Å²) in [5.41, 5.74) is 0. The van der Waals surface area contributed by atoms with Gasteiger partial charge < -0.3 is 0 Å². The Balaban J connectivity index is 2.30. The zero-order chi connectivity index (χ0) is 11.5. The normalized spacial score (nSPS) is 24.0. The largest absolute Gasteiger partial charge is 0.275 e. The van der Waals surface area contributed by atoms with Crippen molar-refractivity contribution < 1.29 is 18.0 Å². The Morgan fingerprint density at radius 2 is 2.27 bits per heavy atom. The maximum absolute atomic E-state index is 11.3. The standard InChI is InChI=1S/C8H15NO4S2/c1-9(13-2)8(10)5-14-7-3-4-15(11,12)6-7/h7H,3-6H2,1-2H3. The van der Waals surface area contributed by atoms with Crippen molar-refractivity contribution in [3.8, 4) is 0 Å². The van der Waals surface area contributed by atoms with Crippen molar-refractivity contribution in [3.63, 3.8) is 0 Å². The second kappa shape index (κ2) is 5.18. The van der Waals surface area contributed by atoms with E-state index in [-0.39, 0.29) is 28.4 Å². The smallest absolute Gasteiger partial charge is 0.255 e. The first kappa shape index (κ1) is 12.8. The van der Waals surface area contributed by atoms with E-state index < -0.39 is 9.84 Å². The topological polar surface area (TPSA) is 63.7 Å². The number of hydroxylamine groups is 2. The van der Waals surface area contributed by atoms with Crippen LogP contribution in [0.15, 0.2) is 0 Å². The molecule has 0 radical (unpaired) electrons. The van der Waals surface area contributed by atoms with Gasteiger partial charge in [0.2, 0.25) is 0 Å². The average Bonchev–Trinajstić information content (AvgIpc) is 2.53. The summed E-state index contributed by atoms with van der Waals surface area (Å²) in [6, 6.07) is 0. The Kier molecular flexibility index (Phi) is 4.42. The molecule has 1 heterocycles. The van der Waals surface area contributed by atoms with Gasteiger partial charge in [0, 0.05) is 12.3 Å². The molecule has 1 aliphatic rings. The number of carbonyl (C=O) groups is 1. The minimum atomic E-state index is -2.85. The van der Waals surface area contributed by atoms with Gasteiger partial charge in [-0.2, -0.15) is 0 Å². The summed E-state index contributed by atoms with van der Waals surface area (Å²) in [6.07, 6.45) is 0.650. The number of hydrogen-bond acceptors (Lipinski definition) is 5. The Bertz CT molecular complexity index is 328. The van der Waals surface area contributed by atoms with Crippen LogP contribution >= 0.6 is 11.8 Å². The Morgan fingerprint density at radius 3 is 2.73 bits per heavy atom. The molecule has 1 rings (SSSR count). The van der Waals surface area contributed by atoms with Crippen molar-refractivity contribution in [1.82, 2.24) is 5.06 Å². The van der Waals surface area contributed by atoms with E-state index in [1.165, 1.54) is 25.9 Å². The minimum absolute atomic E-state index is 0.0595. The number of hydrogen-bond donors (Lipinski definition) is 0. The van der Waals surface area contributed by atoms with E-state index in [1.54, 1.807) is 0 Å². The molecule has 0 N–H and O–H groups in total. The van der Waals surface area contributed by atoms with E-state index in [2.05, 4.69) is 0 Å². The van der Waals surface area contributed by atoms with Crippen LogP contribution in [0.25, 0.3) is 0 Å². The van der Waals surface area contributed by atoms with Gasteiger partial charge in [-0.3, -0.25) is 9.63 Å². The molecular weight excluding hydrogens is 238 g/mol. The summed E-state index contributed by atoms with van der Waals surface area (Å²) in [6.45, 7) is 0. The lowest BCUT2D eigenvalue weighted by atomic mass is 10.4. The Morgan fingerprint density at radius 1 is 1.60 bits per heavy atom. The van der Waals surface area contributed by atoms with E-state index in [4.69, 9.17) is 4.84 Å². The van der Waals surface area contributed by atoms with Gasteiger partial charge in [0.05, 0.1) is 24.4 Å². The molecule has 0 bridgehead atoms. The number of nitrogens with zero attached hydrogens (tertiary/aromatic N) is 1. The highest BCUT2D eigenvalue weighted by atomic mass is 32.2. The van der Waals surface area contributed by atoms with E-state index in [1.807, 2.05) is 0 Å². The zero-order valence-corrected chi connectivity index (χ0v) is 10.4. The highest BCUT2D eigenvalue weighted by Gasteiger charge is 2.28. The highest BCUT2D eigenvalue weighted by Crippen LogP contribution is 2.24. The SMILES string of the molecule is CON(C)C(=O)CSC1CCS(=O)(=O)C1. The quantitative estimate of drug-likeness (QED) is 0.656. The molecule has 0 spiro atoms. The highest BCUT2D eigenvalue weighted by molar-refractivity contribution is 8.02. The van der Waals surface area contributed by atoms with Crippen LogP contribution in [0.4, 0.5) is 0 Å². The molecule has 15 heavy (non-hydrogen) atoms. The number of sulfone groups is 1. The first-order valence-corrected chi connectivity index (χ1v) is 7.44. The number of amides is 1. The molecule has 7 heteroatoms. The number of rotatable bonds is 4. The predicted octanol–water partition coefficient (Wildman–Crippen LogP) is -0.0735. The molecule has 1 aliphatic heterocycles. The third-order valence-corrected chi connectivity index (χ3v) is 5.52. The average molecular weight is 253 g/mol. The van der Waals surface area contributed by atoms with Gasteiger partial charge in [0.25, 0.3) is 5.91 Å². The molecule has 88 valence electrons. The van der Waals surface area contributed by atoms with E-state index in [0.29, 0.717) is 6.42 Å². The molecule has 1 unspecified atom stereocenters. The maximum atomic E-state index is 11.3. The number of thioether (sulfide) groups is 1. The van der Waals surface area contributed by atoms with Gasteiger partial charge in [-0.05, 0) is 6.42 Å². The number of carbonyl (C=O) groups excluding carboxylic acids is 1. The van der Waals surface area contributed by atoms with Gasteiger partial charge in [0.15, 0.2) is 9.84 Å². The van der Waals surface area contributed by atoms with Gasteiger partial charge in [0.1, 0.15) is 0 Å². The lowest BCUT2D eigenvalue weighted by Crippen LogP contribution is -2.27. The van der Waals surface area contributed by atoms with Crippen LogP contribution in [0.2, 0.25) is 0 Å². The molecule has 0 aromatic heterocycles. The Hall–Kier alpha value is -0.270. The van der Waals surface area contributed by atoms with E-state index >= 15 is 0 Å². The van der Waals surface area contributed by atoms with Crippen molar-refractivity contribution in [1.29, 1.82) is 0 Å². The summed E-state index contributed by atoms with van der Waals surface area (Å²) in [5.74, 6) is 0.567. The van der Waals surface area contributed by atoms with E-state index in [9.17, 15) is 13.2 Å². The minimum Gasteiger partial charge on any atom is -0.275 e. The van der Waals surface area contributed by atoms with Gasteiger partial charge in [-0.15, -0.1) is 11.8 Å².